The van der Waals surface area contributed by atoms with Crippen molar-refractivity contribution in [2.75, 3.05) is 13.2 Å². The topological polar surface area (TPSA) is 172 Å². The van der Waals surface area contributed by atoms with Gasteiger partial charge in [0.1, 0.15) is 30.7 Å². The summed E-state index contributed by atoms with van der Waals surface area (Å²) in [5, 5.41) is 0.390. The summed E-state index contributed by atoms with van der Waals surface area (Å²) < 4.78 is 55.7. The van der Waals surface area contributed by atoms with Crippen molar-refractivity contribution in [3.05, 3.63) is 208 Å². The molecule has 0 N–H and O–H groups in total. The fourth-order valence-electron chi connectivity index (χ4n) is 8.02. The fourth-order valence-corrected chi connectivity index (χ4v) is 8.02. The number of hydrogen-bond acceptors (Lipinski definition) is 14. The number of rotatable bonds is 22. The predicted octanol–water partition coefficient (Wildman–Crippen LogP) is 10.7. The lowest BCUT2D eigenvalue weighted by Crippen LogP contribution is -2.63. The molecule has 0 aliphatic carbocycles. The minimum atomic E-state index is -1.68. The normalized spacial score (nSPS) is 17.3. The van der Waals surface area contributed by atoms with Crippen molar-refractivity contribution in [1.82, 2.24) is 0 Å². The minimum absolute atomic E-state index is 0.0408. The van der Waals surface area contributed by atoms with Gasteiger partial charge in [0.05, 0.1) is 34.2 Å². The molecule has 7 aromatic rings. The second-order valence-corrected chi connectivity index (χ2v) is 16.9. The number of hydrogen-bond donors (Lipinski definition) is 0. The van der Waals surface area contributed by atoms with Crippen molar-refractivity contribution in [3.63, 3.8) is 0 Å². The van der Waals surface area contributed by atoms with E-state index in [0.717, 1.165) is 44.1 Å². The largest absolute Gasteiger partial charge is 0.484 e. The van der Waals surface area contributed by atoms with Crippen LogP contribution < -0.4 is 19.8 Å². The van der Waals surface area contributed by atoms with E-state index < -0.39 is 66.8 Å². The summed E-state index contributed by atoms with van der Waals surface area (Å²) in [5.41, 5.74) is 0.741. The summed E-state index contributed by atoms with van der Waals surface area (Å²) in [4.78, 5) is 69.4. The van der Waals surface area contributed by atoms with Gasteiger partial charge in [0.25, 0.3) is 0 Å². The zero-order valence-electron chi connectivity index (χ0n) is 39.6. The third-order valence-electron chi connectivity index (χ3n) is 11.8. The van der Waals surface area contributed by atoms with Crippen LogP contribution in [-0.2, 0) is 30.3 Å². The maximum Gasteiger partial charge on any atom is 0.383 e. The third kappa shape index (κ3) is 13.1. The van der Waals surface area contributed by atoms with E-state index in [4.69, 9.17) is 42.3 Å². The molecular formula is C58H54O14. The van der Waals surface area contributed by atoms with Gasteiger partial charge < -0.3 is 42.3 Å². The van der Waals surface area contributed by atoms with Crippen LogP contribution in [0.3, 0.4) is 0 Å². The summed E-state index contributed by atoms with van der Waals surface area (Å²) >= 11 is 0. The van der Waals surface area contributed by atoms with Crippen LogP contribution in [0, 0.1) is 0 Å². The highest BCUT2D eigenvalue weighted by Crippen LogP contribution is 2.38. The summed E-state index contributed by atoms with van der Waals surface area (Å²) in [6.45, 7) is 1.99. The third-order valence-corrected chi connectivity index (χ3v) is 11.8. The Morgan fingerprint density at radius 3 is 1.58 bits per heavy atom. The average Bonchev–Trinajstić information content (AvgIpc) is 3.42. The highest BCUT2D eigenvalue weighted by molar-refractivity contribution is 5.92. The summed E-state index contributed by atoms with van der Waals surface area (Å²) in [6.07, 6.45) is -1.90. The molecule has 0 bridgehead atoms. The first kappa shape index (κ1) is 50.2. The minimum Gasteiger partial charge on any atom is -0.484 e. The van der Waals surface area contributed by atoms with Crippen LogP contribution in [0.25, 0.3) is 11.0 Å². The average molecular weight is 975 g/mol. The lowest BCUT2D eigenvalue weighted by molar-refractivity contribution is -0.275. The molecule has 370 valence electrons. The SMILES string of the molecule is CCCCCCCCOc1c(OCc2ccccc2)c2ccc(O[C@@H]3O[C@H](COC(=O)c4ccccc4)[C@H](OC(=O)c4ccccc4)[C@H](OC(=O)c4ccccc4)[C@H]3OC(=O)c3ccccc3)cc2oc1=O. The van der Waals surface area contributed by atoms with Gasteiger partial charge in [-0.15, -0.1) is 0 Å². The first-order valence-electron chi connectivity index (χ1n) is 24.0. The zero-order valence-corrected chi connectivity index (χ0v) is 39.6. The number of ether oxygens (including phenoxy) is 8. The van der Waals surface area contributed by atoms with E-state index in [1.54, 1.807) is 97.1 Å². The standard InChI is InChI=1S/C58H54O14/c1-2-3-4-5-6-22-35-64-51-48(65-37-39-23-12-7-13-24-39)45-34-33-44(36-46(45)68-57(51)63)67-58-52(72-56(62)43-31-20-11-21-32-43)50(71-55(61)42-29-18-10-19-30-42)49(70-54(60)41-27-16-9-17-28-41)47(69-58)38-66-53(59)40-25-14-8-15-26-40/h7-21,23-34,36,47,49-50,52,58H,2-6,22,35,37-38H2,1H3/t47-,49+,50+,52-,58-/m1/s1. The molecule has 5 atom stereocenters. The van der Waals surface area contributed by atoms with Gasteiger partial charge in [0, 0.05) is 6.07 Å². The van der Waals surface area contributed by atoms with Crippen molar-refractivity contribution in [3.8, 4) is 17.2 Å². The molecule has 0 saturated carbocycles. The molecule has 2 heterocycles. The molecule has 1 aliphatic heterocycles. The number of unbranched alkanes of at least 4 members (excludes halogenated alkanes) is 5. The van der Waals surface area contributed by atoms with Gasteiger partial charge in [0.2, 0.25) is 18.1 Å². The van der Waals surface area contributed by atoms with E-state index in [1.165, 1.54) is 42.5 Å². The van der Waals surface area contributed by atoms with Crippen LogP contribution in [0.15, 0.2) is 179 Å². The molecule has 0 unspecified atom stereocenters. The van der Waals surface area contributed by atoms with Gasteiger partial charge in [-0.05, 0) is 72.6 Å². The first-order chi connectivity index (χ1) is 35.2. The van der Waals surface area contributed by atoms with Crippen LogP contribution in [0.4, 0.5) is 0 Å². The molecule has 1 fully saturated rings. The van der Waals surface area contributed by atoms with E-state index >= 15 is 0 Å². The molecule has 8 rings (SSSR count). The smallest absolute Gasteiger partial charge is 0.383 e. The van der Waals surface area contributed by atoms with Crippen LogP contribution >= 0.6 is 0 Å². The Balaban J connectivity index is 1.18. The Kier molecular flexibility index (Phi) is 17.5. The Hall–Kier alpha value is -8.23. The molecule has 1 saturated heterocycles. The molecule has 1 aliphatic rings. The van der Waals surface area contributed by atoms with Crippen LogP contribution in [0.1, 0.15) is 92.4 Å². The van der Waals surface area contributed by atoms with Gasteiger partial charge in [-0.1, -0.05) is 142 Å². The van der Waals surface area contributed by atoms with E-state index in [1.807, 2.05) is 30.3 Å². The maximum atomic E-state index is 14.1. The van der Waals surface area contributed by atoms with Gasteiger partial charge in [0.15, 0.2) is 18.0 Å². The Bertz CT molecular complexity index is 2930. The van der Waals surface area contributed by atoms with Crippen LogP contribution in [-0.4, -0.2) is 67.8 Å². The van der Waals surface area contributed by atoms with E-state index in [2.05, 4.69) is 6.92 Å². The molecule has 1 aromatic heterocycles. The molecule has 0 spiro atoms. The van der Waals surface area contributed by atoms with E-state index in [9.17, 15) is 24.0 Å². The predicted molar refractivity (Wildman–Crippen MR) is 265 cm³/mol. The molecule has 14 nitrogen and oxygen atoms in total. The van der Waals surface area contributed by atoms with E-state index in [-0.39, 0.29) is 58.3 Å². The van der Waals surface area contributed by atoms with Gasteiger partial charge in [-0.3, -0.25) is 0 Å². The maximum absolute atomic E-state index is 14.1. The first-order valence-corrected chi connectivity index (χ1v) is 24.0. The number of benzene rings is 6. The number of fused-ring (bicyclic) bond motifs is 1. The van der Waals surface area contributed by atoms with Gasteiger partial charge in [-0.25, -0.2) is 24.0 Å². The summed E-state index contributed by atoms with van der Waals surface area (Å²) in [7, 11) is 0. The number of esters is 4. The van der Waals surface area contributed by atoms with Crippen molar-refractivity contribution < 1.29 is 61.5 Å². The highest BCUT2D eigenvalue weighted by Gasteiger charge is 2.54. The molecule has 14 heteroatoms. The molecule has 0 radical (unpaired) electrons. The zero-order chi connectivity index (χ0) is 50.1. The van der Waals surface area contributed by atoms with Crippen molar-refractivity contribution in [2.45, 2.75) is 82.8 Å². The quantitative estimate of drug-likeness (QED) is 0.0272. The van der Waals surface area contributed by atoms with Crippen LogP contribution in [0.2, 0.25) is 0 Å². The molecular weight excluding hydrogens is 921 g/mol. The lowest BCUT2D eigenvalue weighted by atomic mass is 9.97. The second-order valence-electron chi connectivity index (χ2n) is 16.9. The number of carbonyl (C=O) groups is 4. The lowest BCUT2D eigenvalue weighted by Gasteiger charge is -2.44. The number of carbonyl (C=O) groups excluding carboxylic acids is 4. The second kappa shape index (κ2) is 25.1. The van der Waals surface area contributed by atoms with Crippen molar-refractivity contribution in [2.24, 2.45) is 0 Å². The Morgan fingerprint density at radius 2 is 1.01 bits per heavy atom. The van der Waals surface area contributed by atoms with Gasteiger partial charge >= 0.3 is 29.5 Å². The Labute approximate surface area is 416 Å². The Morgan fingerprint density at radius 1 is 0.514 bits per heavy atom. The van der Waals surface area contributed by atoms with Crippen molar-refractivity contribution in [1.29, 1.82) is 0 Å². The fraction of sp³-hybridized carbons (Fsp3) is 0.259. The molecule has 72 heavy (non-hydrogen) atoms. The highest BCUT2D eigenvalue weighted by atomic mass is 16.7. The van der Waals surface area contributed by atoms with Crippen LogP contribution in [0.5, 0.6) is 17.2 Å². The van der Waals surface area contributed by atoms with E-state index in [0.29, 0.717) is 5.39 Å². The molecule has 0 amide bonds. The summed E-state index contributed by atoms with van der Waals surface area (Å²) in [6, 6.07) is 46.4. The van der Waals surface area contributed by atoms with Gasteiger partial charge in [-0.2, -0.15) is 0 Å². The summed E-state index contributed by atoms with van der Waals surface area (Å²) in [5.74, 6) is -3.17. The molecule has 6 aromatic carbocycles. The monoisotopic (exact) mass is 974 g/mol. The van der Waals surface area contributed by atoms with Crippen molar-refractivity contribution >= 4 is 34.8 Å².